The van der Waals surface area contributed by atoms with Crippen LogP contribution in [0.3, 0.4) is 0 Å². The Hall–Kier alpha value is -2.09. The van der Waals surface area contributed by atoms with E-state index < -0.39 is 0 Å². The SMILES string of the molecule is Fc1ccc(/C=C2/COc3ccccc32)cc1. The highest BCUT2D eigenvalue weighted by Gasteiger charge is 2.16. The maximum Gasteiger partial charge on any atom is 0.127 e. The van der Waals surface area contributed by atoms with E-state index in [4.69, 9.17) is 4.74 Å². The van der Waals surface area contributed by atoms with E-state index in [9.17, 15) is 4.39 Å². The molecule has 0 aliphatic carbocycles. The highest BCUT2D eigenvalue weighted by molar-refractivity contribution is 5.86. The second kappa shape index (κ2) is 4.06. The van der Waals surface area contributed by atoms with Gasteiger partial charge in [-0.05, 0) is 29.8 Å². The quantitative estimate of drug-likeness (QED) is 0.719. The highest BCUT2D eigenvalue weighted by Crippen LogP contribution is 2.33. The molecule has 0 unspecified atom stereocenters. The van der Waals surface area contributed by atoms with Crippen LogP contribution in [0.25, 0.3) is 11.6 Å². The van der Waals surface area contributed by atoms with Crippen LogP contribution in [0.1, 0.15) is 11.1 Å². The molecule has 0 atom stereocenters. The van der Waals surface area contributed by atoms with Crippen LogP contribution < -0.4 is 4.74 Å². The average molecular weight is 226 g/mol. The summed E-state index contributed by atoms with van der Waals surface area (Å²) in [5.41, 5.74) is 3.24. The second-order valence-electron chi connectivity index (χ2n) is 4.01. The maximum absolute atomic E-state index is 12.8. The smallest absolute Gasteiger partial charge is 0.127 e. The van der Waals surface area contributed by atoms with Gasteiger partial charge in [-0.1, -0.05) is 30.3 Å². The number of benzene rings is 2. The minimum Gasteiger partial charge on any atom is -0.488 e. The Morgan fingerprint density at radius 2 is 1.76 bits per heavy atom. The van der Waals surface area contributed by atoms with E-state index in [0.29, 0.717) is 6.61 Å². The zero-order valence-corrected chi connectivity index (χ0v) is 9.19. The minimum absolute atomic E-state index is 0.213. The van der Waals surface area contributed by atoms with Gasteiger partial charge in [-0.3, -0.25) is 0 Å². The van der Waals surface area contributed by atoms with Crippen LogP contribution in [-0.2, 0) is 0 Å². The molecular formula is C15H11FO. The zero-order valence-electron chi connectivity index (χ0n) is 9.19. The number of rotatable bonds is 1. The van der Waals surface area contributed by atoms with Gasteiger partial charge in [-0.2, -0.15) is 0 Å². The summed E-state index contributed by atoms with van der Waals surface area (Å²) in [6, 6.07) is 14.4. The van der Waals surface area contributed by atoms with Crippen LogP contribution in [-0.4, -0.2) is 6.61 Å². The molecule has 17 heavy (non-hydrogen) atoms. The van der Waals surface area contributed by atoms with Crippen LogP contribution in [0.2, 0.25) is 0 Å². The van der Waals surface area contributed by atoms with Crippen molar-refractivity contribution < 1.29 is 9.13 Å². The molecule has 84 valence electrons. The fourth-order valence-corrected chi connectivity index (χ4v) is 1.97. The summed E-state index contributed by atoms with van der Waals surface area (Å²) >= 11 is 0. The van der Waals surface area contributed by atoms with Crippen molar-refractivity contribution in [1.29, 1.82) is 0 Å². The number of hydrogen-bond donors (Lipinski definition) is 0. The fraction of sp³-hybridized carbons (Fsp3) is 0.0667. The number of halogens is 1. The molecule has 0 bridgehead atoms. The molecule has 1 heterocycles. The Kier molecular flexibility index (Phi) is 2.41. The van der Waals surface area contributed by atoms with Crippen LogP contribution in [0, 0.1) is 5.82 Å². The van der Waals surface area contributed by atoms with Crippen LogP contribution in [0.15, 0.2) is 48.5 Å². The Balaban J connectivity index is 1.99. The summed E-state index contributed by atoms with van der Waals surface area (Å²) in [6.45, 7) is 0.580. The van der Waals surface area contributed by atoms with Gasteiger partial charge in [0.1, 0.15) is 18.2 Å². The van der Waals surface area contributed by atoms with Gasteiger partial charge in [0.05, 0.1) is 0 Å². The van der Waals surface area contributed by atoms with Gasteiger partial charge in [0.25, 0.3) is 0 Å². The third kappa shape index (κ3) is 1.94. The molecule has 0 N–H and O–H groups in total. The maximum atomic E-state index is 12.8. The van der Waals surface area contributed by atoms with Gasteiger partial charge in [0.15, 0.2) is 0 Å². The van der Waals surface area contributed by atoms with E-state index in [1.165, 1.54) is 12.1 Å². The molecule has 0 saturated heterocycles. The predicted molar refractivity (Wildman–Crippen MR) is 66.2 cm³/mol. The van der Waals surface area contributed by atoms with Crippen molar-refractivity contribution in [3.05, 3.63) is 65.5 Å². The van der Waals surface area contributed by atoms with E-state index in [0.717, 1.165) is 22.4 Å². The number of para-hydroxylation sites is 1. The molecule has 3 rings (SSSR count). The summed E-state index contributed by atoms with van der Waals surface area (Å²) in [5.74, 6) is 0.705. The Bertz CT molecular complexity index is 570. The number of fused-ring (bicyclic) bond motifs is 1. The lowest BCUT2D eigenvalue weighted by Gasteiger charge is -1.98. The van der Waals surface area contributed by atoms with Gasteiger partial charge < -0.3 is 4.74 Å². The lowest BCUT2D eigenvalue weighted by molar-refractivity contribution is 0.389. The molecule has 1 aliphatic heterocycles. The Morgan fingerprint density at radius 3 is 2.59 bits per heavy atom. The first-order chi connectivity index (χ1) is 8.33. The summed E-state index contributed by atoms with van der Waals surface area (Å²) in [7, 11) is 0. The van der Waals surface area contributed by atoms with Gasteiger partial charge in [0, 0.05) is 11.1 Å². The molecule has 0 aromatic heterocycles. The van der Waals surface area contributed by atoms with Crippen molar-refractivity contribution in [1.82, 2.24) is 0 Å². The number of ether oxygens (including phenoxy) is 1. The third-order valence-corrected chi connectivity index (χ3v) is 2.83. The van der Waals surface area contributed by atoms with Crippen LogP contribution >= 0.6 is 0 Å². The molecule has 2 aromatic rings. The van der Waals surface area contributed by atoms with Crippen molar-refractivity contribution >= 4 is 11.6 Å². The first kappa shape index (κ1) is 10.1. The molecule has 0 saturated carbocycles. The molecule has 0 radical (unpaired) electrons. The Labute approximate surface area is 99.2 Å². The van der Waals surface area contributed by atoms with E-state index in [1.807, 2.05) is 30.3 Å². The normalized spacial score (nSPS) is 15.7. The van der Waals surface area contributed by atoms with Gasteiger partial charge in [0.2, 0.25) is 0 Å². The summed E-state index contributed by atoms with van der Waals surface area (Å²) in [6.07, 6.45) is 2.03. The lowest BCUT2D eigenvalue weighted by atomic mass is 10.0. The molecule has 2 heteroatoms. The first-order valence-corrected chi connectivity index (χ1v) is 5.51. The van der Waals surface area contributed by atoms with Gasteiger partial charge >= 0.3 is 0 Å². The second-order valence-corrected chi connectivity index (χ2v) is 4.01. The van der Waals surface area contributed by atoms with E-state index in [2.05, 4.69) is 0 Å². The Morgan fingerprint density at radius 1 is 1.00 bits per heavy atom. The topological polar surface area (TPSA) is 9.23 Å². The van der Waals surface area contributed by atoms with Crippen molar-refractivity contribution in [3.8, 4) is 5.75 Å². The fourth-order valence-electron chi connectivity index (χ4n) is 1.97. The van der Waals surface area contributed by atoms with Crippen molar-refractivity contribution in [2.45, 2.75) is 0 Å². The summed E-state index contributed by atoms with van der Waals surface area (Å²) in [5, 5.41) is 0. The molecule has 1 aliphatic rings. The molecular weight excluding hydrogens is 215 g/mol. The minimum atomic E-state index is -0.213. The molecule has 0 fully saturated rings. The standard InChI is InChI=1S/C15H11FO/c16-13-7-5-11(6-8-13)9-12-10-17-15-4-2-1-3-14(12)15/h1-9H,10H2/b12-9-. The van der Waals surface area contributed by atoms with Crippen LogP contribution in [0.5, 0.6) is 5.75 Å². The van der Waals surface area contributed by atoms with E-state index in [1.54, 1.807) is 12.1 Å². The van der Waals surface area contributed by atoms with Crippen molar-refractivity contribution in [2.24, 2.45) is 0 Å². The van der Waals surface area contributed by atoms with E-state index >= 15 is 0 Å². The van der Waals surface area contributed by atoms with Gasteiger partial charge in [-0.15, -0.1) is 0 Å². The lowest BCUT2D eigenvalue weighted by Crippen LogP contribution is -1.87. The average Bonchev–Trinajstić information content (AvgIpc) is 2.76. The molecule has 0 amide bonds. The summed E-state index contributed by atoms with van der Waals surface area (Å²) in [4.78, 5) is 0. The molecule has 0 spiro atoms. The van der Waals surface area contributed by atoms with Gasteiger partial charge in [-0.25, -0.2) is 4.39 Å². The summed E-state index contributed by atoms with van der Waals surface area (Å²) < 4.78 is 18.4. The highest BCUT2D eigenvalue weighted by atomic mass is 19.1. The monoisotopic (exact) mass is 226 g/mol. The third-order valence-electron chi connectivity index (χ3n) is 2.83. The first-order valence-electron chi connectivity index (χ1n) is 5.51. The number of hydrogen-bond acceptors (Lipinski definition) is 1. The predicted octanol–water partition coefficient (Wildman–Crippen LogP) is 3.76. The largest absolute Gasteiger partial charge is 0.488 e. The zero-order chi connectivity index (χ0) is 11.7. The van der Waals surface area contributed by atoms with Crippen molar-refractivity contribution in [3.63, 3.8) is 0 Å². The van der Waals surface area contributed by atoms with E-state index in [-0.39, 0.29) is 5.82 Å². The van der Waals surface area contributed by atoms with Crippen LogP contribution in [0.4, 0.5) is 4.39 Å². The molecule has 1 nitrogen and oxygen atoms in total. The van der Waals surface area contributed by atoms with Crippen molar-refractivity contribution in [2.75, 3.05) is 6.61 Å². The molecule has 2 aromatic carbocycles.